The zero-order valence-corrected chi connectivity index (χ0v) is 18.4. The number of ether oxygens (including phenoxy) is 1. The molecule has 4 aromatic rings. The number of hydrazone groups is 1. The van der Waals surface area contributed by atoms with Gasteiger partial charge in [-0.25, -0.2) is 14.4 Å². The van der Waals surface area contributed by atoms with Gasteiger partial charge in [-0.2, -0.15) is 9.78 Å². The van der Waals surface area contributed by atoms with Crippen LogP contribution in [0.4, 0.5) is 10.2 Å². The number of aromatic nitrogens is 5. The molecule has 0 aliphatic rings. The number of benzene rings is 2. The topological polar surface area (TPSA) is 146 Å². The van der Waals surface area contributed by atoms with Crippen molar-refractivity contribution in [3.8, 4) is 22.8 Å². The monoisotopic (exact) mass is 464 g/mol. The van der Waals surface area contributed by atoms with Crippen LogP contribution in [-0.4, -0.2) is 43.5 Å². The van der Waals surface area contributed by atoms with Gasteiger partial charge in [0, 0.05) is 5.56 Å². The standard InChI is InChI=1S/C22H21FN8O3/c1-3-12-33-17-10-6-15(7-11-17)19-18(26-30-31(19)21-20(24)28-34-29-21)22(32)27-25-13(2)14-4-8-16(23)9-5-14/h4-11H,3,12H2,1-2H3,(H2,24,28)(H,27,32)/b25-13-. The van der Waals surface area contributed by atoms with E-state index >= 15 is 0 Å². The lowest BCUT2D eigenvalue weighted by atomic mass is 10.1. The number of rotatable bonds is 8. The van der Waals surface area contributed by atoms with Crippen molar-refractivity contribution in [2.75, 3.05) is 12.3 Å². The SMILES string of the molecule is CCCOc1ccc(-c2c(C(=O)N/N=C(/C)c3ccc(F)cc3)nnn2-c2nonc2N)cc1. The Hall–Kier alpha value is -4.61. The summed E-state index contributed by atoms with van der Waals surface area (Å²) in [7, 11) is 0. The van der Waals surface area contributed by atoms with E-state index in [0.29, 0.717) is 34.9 Å². The third kappa shape index (κ3) is 4.75. The number of halogens is 1. The molecule has 0 unspecified atom stereocenters. The molecule has 0 saturated carbocycles. The van der Waals surface area contributed by atoms with E-state index in [1.165, 1.54) is 16.8 Å². The van der Waals surface area contributed by atoms with Crippen LogP contribution in [0.3, 0.4) is 0 Å². The molecule has 4 rings (SSSR count). The summed E-state index contributed by atoms with van der Waals surface area (Å²) in [5, 5.41) is 19.5. The molecule has 34 heavy (non-hydrogen) atoms. The second-order valence-corrected chi connectivity index (χ2v) is 7.19. The summed E-state index contributed by atoms with van der Waals surface area (Å²) in [5.41, 5.74) is 10.3. The molecule has 0 aliphatic carbocycles. The zero-order valence-electron chi connectivity index (χ0n) is 18.4. The number of carbonyl (C=O) groups is 1. The quantitative estimate of drug-likeness (QED) is 0.299. The number of hydrogen-bond acceptors (Lipinski definition) is 9. The first-order valence-corrected chi connectivity index (χ1v) is 10.4. The van der Waals surface area contributed by atoms with Gasteiger partial charge in [-0.15, -0.1) is 5.10 Å². The Bertz CT molecular complexity index is 1310. The van der Waals surface area contributed by atoms with Crippen molar-refractivity contribution in [1.29, 1.82) is 0 Å². The Kier molecular flexibility index (Phi) is 6.57. The van der Waals surface area contributed by atoms with Crippen molar-refractivity contribution in [3.63, 3.8) is 0 Å². The Morgan fingerprint density at radius 3 is 2.56 bits per heavy atom. The van der Waals surface area contributed by atoms with Crippen molar-refractivity contribution >= 4 is 17.4 Å². The van der Waals surface area contributed by atoms with Crippen LogP contribution in [0.1, 0.15) is 36.3 Å². The van der Waals surface area contributed by atoms with Crippen LogP contribution < -0.4 is 15.9 Å². The van der Waals surface area contributed by atoms with Crippen molar-refractivity contribution < 1.29 is 18.6 Å². The van der Waals surface area contributed by atoms with Crippen molar-refractivity contribution in [1.82, 2.24) is 30.7 Å². The van der Waals surface area contributed by atoms with Crippen molar-refractivity contribution in [3.05, 3.63) is 65.6 Å². The van der Waals surface area contributed by atoms with Gasteiger partial charge in [0.05, 0.1) is 12.3 Å². The summed E-state index contributed by atoms with van der Waals surface area (Å²) in [6.45, 7) is 4.28. The minimum atomic E-state index is -0.621. The van der Waals surface area contributed by atoms with Gasteiger partial charge in [0.2, 0.25) is 11.6 Å². The maximum Gasteiger partial charge on any atom is 0.294 e. The van der Waals surface area contributed by atoms with Crippen LogP contribution in [0.25, 0.3) is 17.1 Å². The molecule has 2 aromatic heterocycles. The molecule has 0 radical (unpaired) electrons. The first-order valence-electron chi connectivity index (χ1n) is 10.4. The molecule has 0 spiro atoms. The molecular formula is C22H21FN8O3. The smallest absolute Gasteiger partial charge is 0.294 e. The van der Waals surface area contributed by atoms with Crippen LogP contribution >= 0.6 is 0 Å². The van der Waals surface area contributed by atoms with Gasteiger partial charge in [-0.1, -0.05) is 24.3 Å². The fourth-order valence-corrected chi connectivity index (χ4v) is 3.05. The third-order valence-corrected chi connectivity index (χ3v) is 4.77. The van der Waals surface area contributed by atoms with E-state index in [1.807, 2.05) is 6.92 Å². The number of nitrogens with two attached hydrogens (primary N) is 1. The molecule has 174 valence electrons. The molecule has 3 N–H and O–H groups in total. The first kappa shape index (κ1) is 22.6. The van der Waals surface area contributed by atoms with Crippen LogP contribution in [0, 0.1) is 5.82 Å². The van der Waals surface area contributed by atoms with Gasteiger partial charge in [0.1, 0.15) is 17.3 Å². The Balaban J connectivity index is 1.67. The Morgan fingerprint density at radius 2 is 1.91 bits per heavy atom. The largest absolute Gasteiger partial charge is 0.494 e. The molecule has 12 heteroatoms. The average molecular weight is 464 g/mol. The highest BCUT2D eigenvalue weighted by Gasteiger charge is 2.25. The number of anilines is 1. The number of nitrogen functional groups attached to an aromatic ring is 1. The van der Waals surface area contributed by atoms with E-state index in [4.69, 9.17) is 10.5 Å². The van der Waals surface area contributed by atoms with Crippen molar-refractivity contribution in [2.24, 2.45) is 5.10 Å². The molecule has 2 heterocycles. The van der Waals surface area contributed by atoms with Gasteiger partial charge in [-0.3, -0.25) is 4.79 Å². The highest BCUT2D eigenvalue weighted by Crippen LogP contribution is 2.28. The number of hydrogen-bond donors (Lipinski definition) is 2. The Labute approximate surface area is 193 Å². The zero-order chi connectivity index (χ0) is 24.1. The lowest BCUT2D eigenvalue weighted by Gasteiger charge is -2.08. The summed E-state index contributed by atoms with van der Waals surface area (Å²) in [6.07, 6.45) is 0.874. The van der Waals surface area contributed by atoms with E-state index in [2.05, 4.69) is 35.8 Å². The summed E-state index contributed by atoms with van der Waals surface area (Å²) < 4.78 is 24.7. The van der Waals surface area contributed by atoms with E-state index in [9.17, 15) is 9.18 Å². The van der Waals surface area contributed by atoms with Crippen LogP contribution in [0.15, 0.2) is 58.3 Å². The number of nitrogens with zero attached hydrogens (tertiary/aromatic N) is 6. The minimum absolute atomic E-state index is 0.0221. The molecule has 0 fully saturated rings. The molecule has 0 aliphatic heterocycles. The normalized spacial score (nSPS) is 11.4. The minimum Gasteiger partial charge on any atom is -0.494 e. The van der Waals surface area contributed by atoms with Gasteiger partial charge in [0.15, 0.2) is 5.69 Å². The molecule has 0 saturated heterocycles. The van der Waals surface area contributed by atoms with E-state index in [0.717, 1.165) is 6.42 Å². The van der Waals surface area contributed by atoms with E-state index in [1.54, 1.807) is 43.3 Å². The Morgan fingerprint density at radius 1 is 1.18 bits per heavy atom. The number of carbonyl (C=O) groups excluding carboxylic acids is 1. The van der Waals surface area contributed by atoms with Crippen LogP contribution in [-0.2, 0) is 0 Å². The average Bonchev–Trinajstić information content (AvgIpc) is 3.47. The molecule has 1 amide bonds. The summed E-state index contributed by atoms with van der Waals surface area (Å²) >= 11 is 0. The maximum atomic E-state index is 13.2. The fourth-order valence-electron chi connectivity index (χ4n) is 3.05. The van der Waals surface area contributed by atoms with Gasteiger partial charge >= 0.3 is 0 Å². The molecule has 0 atom stereocenters. The molecule has 0 bridgehead atoms. The highest BCUT2D eigenvalue weighted by atomic mass is 19.1. The van der Waals surface area contributed by atoms with Crippen LogP contribution in [0.5, 0.6) is 5.75 Å². The highest BCUT2D eigenvalue weighted by molar-refractivity contribution is 6.02. The summed E-state index contributed by atoms with van der Waals surface area (Å²) in [6, 6.07) is 12.8. The number of nitrogens with one attached hydrogen (secondary N) is 1. The van der Waals surface area contributed by atoms with Gasteiger partial charge < -0.3 is 10.5 Å². The predicted octanol–water partition coefficient (Wildman–Crippen LogP) is 2.98. The summed E-state index contributed by atoms with van der Waals surface area (Å²) in [4.78, 5) is 13.0. The second-order valence-electron chi connectivity index (χ2n) is 7.19. The van der Waals surface area contributed by atoms with E-state index < -0.39 is 5.91 Å². The maximum absolute atomic E-state index is 13.2. The lowest BCUT2D eigenvalue weighted by Crippen LogP contribution is -2.21. The third-order valence-electron chi connectivity index (χ3n) is 4.77. The molecular weight excluding hydrogens is 443 g/mol. The summed E-state index contributed by atoms with van der Waals surface area (Å²) in [5.74, 6) is -0.249. The van der Waals surface area contributed by atoms with Crippen LogP contribution in [0.2, 0.25) is 0 Å². The molecule has 11 nitrogen and oxygen atoms in total. The van der Waals surface area contributed by atoms with E-state index in [-0.39, 0.29) is 23.1 Å². The number of amides is 1. The van der Waals surface area contributed by atoms with Gasteiger partial charge in [-0.05, 0) is 65.6 Å². The van der Waals surface area contributed by atoms with Crippen molar-refractivity contribution in [2.45, 2.75) is 20.3 Å². The molecule has 2 aromatic carbocycles. The lowest BCUT2D eigenvalue weighted by molar-refractivity contribution is 0.0950. The first-order chi connectivity index (χ1) is 16.5. The second kappa shape index (κ2) is 9.90. The predicted molar refractivity (Wildman–Crippen MR) is 121 cm³/mol. The van der Waals surface area contributed by atoms with Gasteiger partial charge in [0.25, 0.3) is 5.91 Å². The fraction of sp³-hybridized carbons (Fsp3) is 0.182.